The van der Waals surface area contributed by atoms with Crippen molar-refractivity contribution in [3.05, 3.63) is 23.8 Å². The van der Waals surface area contributed by atoms with Crippen molar-refractivity contribution in [3.63, 3.8) is 0 Å². The fraction of sp³-hybridized carbons (Fsp3) is 0.417. The molecule has 2 atom stereocenters. The van der Waals surface area contributed by atoms with Crippen LogP contribution in [0.1, 0.15) is 17.3 Å². The Morgan fingerprint density at radius 2 is 2.17 bits per heavy atom. The zero-order valence-corrected chi connectivity index (χ0v) is 9.78. The summed E-state index contributed by atoms with van der Waals surface area (Å²) in [5.41, 5.74) is 0.366. The second kappa shape index (κ2) is 5.30. The van der Waals surface area contributed by atoms with E-state index in [1.165, 1.54) is 13.0 Å². The maximum atomic E-state index is 12.8. The van der Waals surface area contributed by atoms with Crippen LogP contribution in [0.3, 0.4) is 0 Å². The molecule has 18 heavy (non-hydrogen) atoms. The lowest BCUT2D eigenvalue weighted by Gasteiger charge is -2.14. The molecule has 4 nitrogen and oxygen atoms in total. The number of Topliss-reactive ketones (excluding diaryl/α,β-unsaturated/α-hetero) is 1. The van der Waals surface area contributed by atoms with Gasteiger partial charge in [-0.05, 0) is 25.1 Å². The molecule has 0 aromatic heterocycles. The van der Waals surface area contributed by atoms with Gasteiger partial charge in [0, 0.05) is 5.56 Å². The summed E-state index contributed by atoms with van der Waals surface area (Å²) in [5.74, 6) is 0.721. The van der Waals surface area contributed by atoms with E-state index in [-0.39, 0.29) is 12.6 Å². The number of fused-ring (bicyclic) bond motifs is 1. The van der Waals surface area contributed by atoms with Crippen LogP contribution in [0.5, 0.6) is 11.5 Å². The van der Waals surface area contributed by atoms with Gasteiger partial charge in [-0.1, -0.05) is 0 Å². The van der Waals surface area contributed by atoms with Crippen molar-refractivity contribution in [1.29, 1.82) is 0 Å². The van der Waals surface area contributed by atoms with Gasteiger partial charge in [0.15, 0.2) is 23.6 Å². The number of rotatable bonds is 5. The smallest absolute Gasteiger partial charge is 0.231 e. The van der Waals surface area contributed by atoms with Gasteiger partial charge in [-0.3, -0.25) is 10.1 Å². The molecule has 1 aromatic carbocycles. The molecule has 0 amide bonds. The lowest BCUT2D eigenvalue weighted by Crippen LogP contribution is -2.40. The Balaban J connectivity index is 2.09. The molecule has 0 radical (unpaired) electrons. The standard InChI is InChI=1S/C12H13F2NO3/c1-7(15-11(14)5-13)12(16)8-2-3-9-10(4-8)18-6-17-9/h2-4,7,11,15H,5-6H2,1H3. The number of carbonyl (C=O) groups is 1. The quantitative estimate of drug-likeness (QED) is 0.646. The van der Waals surface area contributed by atoms with Gasteiger partial charge in [0.2, 0.25) is 6.79 Å². The molecule has 0 aliphatic carbocycles. The molecule has 6 heteroatoms. The fourth-order valence-corrected chi connectivity index (χ4v) is 1.69. The topological polar surface area (TPSA) is 47.6 Å². The van der Waals surface area contributed by atoms with E-state index in [0.29, 0.717) is 17.1 Å². The first-order valence-corrected chi connectivity index (χ1v) is 5.51. The minimum absolute atomic E-state index is 0.120. The zero-order chi connectivity index (χ0) is 13.1. The first kappa shape index (κ1) is 12.8. The molecule has 0 bridgehead atoms. The minimum atomic E-state index is -1.84. The molecule has 1 heterocycles. The summed E-state index contributed by atoms with van der Waals surface area (Å²) in [5, 5.41) is 2.23. The number of hydrogen-bond acceptors (Lipinski definition) is 4. The van der Waals surface area contributed by atoms with Crippen LogP contribution in [0.4, 0.5) is 8.78 Å². The summed E-state index contributed by atoms with van der Waals surface area (Å²) in [6.45, 7) is 0.434. The molecule has 1 aliphatic heterocycles. The SMILES string of the molecule is CC(NC(F)CF)C(=O)c1ccc2c(c1)OCO2. The maximum absolute atomic E-state index is 12.8. The van der Waals surface area contributed by atoms with Gasteiger partial charge >= 0.3 is 0 Å². The van der Waals surface area contributed by atoms with E-state index >= 15 is 0 Å². The second-order valence-corrected chi connectivity index (χ2v) is 3.94. The highest BCUT2D eigenvalue weighted by atomic mass is 19.2. The van der Waals surface area contributed by atoms with Crippen LogP contribution < -0.4 is 14.8 Å². The average molecular weight is 257 g/mol. The molecule has 1 aromatic rings. The molecule has 2 unspecified atom stereocenters. The van der Waals surface area contributed by atoms with Crippen molar-refractivity contribution >= 4 is 5.78 Å². The highest BCUT2D eigenvalue weighted by molar-refractivity contribution is 6.00. The van der Waals surface area contributed by atoms with Crippen LogP contribution in [0.15, 0.2) is 18.2 Å². The number of ether oxygens (including phenoxy) is 2. The predicted molar refractivity (Wildman–Crippen MR) is 60.4 cm³/mol. The van der Waals surface area contributed by atoms with E-state index in [4.69, 9.17) is 9.47 Å². The van der Waals surface area contributed by atoms with Crippen molar-refractivity contribution in [2.24, 2.45) is 0 Å². The van der Waals surface area contributed by atoms with Crippen LogP contribution >= 0.6 is 0 Å². The number of benzene rings is 1. The van der Waals surface area contributed by atoms with Crippen LogP contribution in [-0.2, 0) is 0 Å². The predicted octanol–water partition coefficient (Wildman–Crippen LogP) is 1.84. The van der Waals surface area contributed by atoms with Gasteiger partial charge in [-0.15, -0.1) is 0 Å². The van der Waals surface area contributed by atoms with Crippen LogP contribution in [0.25, 0.3) is 0 Å². The average Bonchev–Trinajstić information content (AvgIpc) is 2.84. The Bertz CT molecular complexity index is 453. The number of hydrogen-bond donors (Lipinski definition) is 1. The fourth-order valence-electron chi connectivity index (χ4n) is 1.69. The third-order valence-electron chi connectivity index (χ3n) is 2.62. The Morgan fingerprint density at radius 3 is 2.89 bits per heavy atom. The molecular formula is C12H13F2NO3. The number of alkyl halides is 2. The largest absolute Gasteiger partial charge is 0.454 e. The summed E-state index contributed by atoms with van der Waals surface area (Å²) >= 11 is 0. The van der Waals surface area contributed by atoms with Crippen molar-refractivity contribution in [1.82, 2.24) is 5.32 Å². The Morgan fingerprint density at radius 1 is 1.44 bits per heavy atom. The molecule has 1 N–H and O–H groups in total. The normalized spacial score (nSPS) is 16.4. The van der Waals surface area contributed by atoms with Gasteiger partial charge in [-0.25, -0.2) is 8.78 Å². The molecule has 0 saturated carbocycles. The Hall–Kier alpha value is -1.69. The minimum Gasteiger partial charge on any atom is -0.454 e. The number of ketones is 1. The van der Waals surface area contributed by atoms with Crippen molar-refractivity contribution in [2.75, 3.05) is 13.5 Å². The lowest BCUT2D eigenvalue weighted by atomic mass is 10.0. The molecule has 0 saturated heterocycles. The summed E-state index contributed by atoms with van der Waals surface area (Å²) in [7, 11) is 0. The Kier molecular flexibility index (Phi) is 3.76. The van der Waals surface area contributed by atoms with Crippen molar-refractivity contribution in [3.8, 4) is 11.5 Å². The van der Waals surface area contributed by atoms with E-state index in [1.807, 2.05) is 0 Å². The molecule has 1 aliphatic rings. The monoisotopic (exact) mass is 257 g/mol. The number of halogens is 2. The third-order valence-corrected chi connectivity index (χ3v) is 2.62. The molecule has 2 rings (SSSR count). The van der Waals surface area contributed by atoms with Crippen molar-refractivity contribution < 1.29 is 23.0 Å². The number of nitrogens with one attached hydrogen (secondary N) is 1. The second-order valence-electron chi connectivity index (χ2n) is 3.94. The Labute approximate surface area is 103 Å². The van der Waals surface area contributed by atoms with Gasteiger partial charge in [0.25, 0.3) is 0 Å². The van der Waals surface area contributed by atoms with Crippen LogP contribution in [0.2, 0.25) is 0 Å². The molecule has 0 spiro atoms. The van der Waals surface area contributed by atoms with Gasteiger partial charge < -0.3 is 9.47 Å². The summed E-state index contributed by atoms with van der Waals surface area (Å²) in [6, 6.07) is 3.91. The molecule has 0 fully saturated rings. The van der Waals surface area contributed by atoms with Crippen LogP contribution in [0, 0.1) is 0 Å². The van der Waals surface area contributed by atoms with Gasteiger partial charge in [0.05, 0.1) is 6.04 Å². The third kappa shape index (κ3) is 2.59. The maximum Gasteiger partial charge on any atom is 0.231 e. The van der Waals surface area contributed by atoms with E-state index in [2.05, 4.69) is 5.32 Å². The first-order chi connectivity index (χ1) is 8.61. The number of carbonyl (C=O) groups excluding carboxylic acids is 1. The zero-order valence-electron chi connectivity index (χ0n) is 9.78. The molecular weight excluding hydrogens is 244 g/mol. The highest BCUT2D eigenvalue weighted by Gasteiger charge is 2.21. The van der Waals surface area contributed by atoms with E-state index in [9.17, 15) is 13.6 Å². The van der Waals surface area contributed by atoms with Gasteiger partial charge in [0.1, 0.15) is 6.67 Å². The van der Waals surface area contributed by atoms with Crippen molar-refractivity contribution in [2.45, 2.75) is 19.3 Å². The van der Waals surface area contributed by atoms with Gasteiger partial charge in [-0.2, -0.15) is 0 Å². The van der Waals surface area contributed by atoms with Crippen LogP contribution in [-0.4, -0.2) is 31.6 Å². The summed E-state index contributed by atoms with van der Waals surface area (Å²) < 4.78 is 35.1. The van der Waals surface area contributed by atoms with E-state index < -0.39 is 19.0 Å². The highest BCUT2D eigenvalue weighted by Crippen LogP contribution is 2.32. The van der Waals surface area contributed by atoms with E-state index in [1.54, 1.807) is 12.1 Å². The first-order valence-electron chi connectivity index (χ1n) is 5.51. The summed E-state index contributed by atoms with van der Waals surface area (Å²) in [4.78, 5) is 11.9. The lowest BCUT2D eigenvalue weighted by molar-refractivity contribution is 0.0913. The van der Waals surface area contributed by atoms with E-state index in [0.717, 1.165) is 0 Å². The summed E-state index contributed by atoms with van der Waals surface area (Å²) in [6.07, 6.45) is -1.84. The molecule has 98 valence electrons.